The first-order valence-electron chi connectivity index (χ1n) is 10.6. The maximum Gasteiger partial charge on any atom is 0.243 e. The lowest BCUT2D eigenvalue weighted by molar-refractivity contribution is 0.248. The summed E-state index contributed by atoms with van der Waals surface area (Å²) in [5.74, 6) is 0.957. The van der Waals surface area contributed by atoms with Gasteiger partial charge in [0.15, 0.2) is 12.2 Å². The monoisotopic (exact) mass is 451 g/mol. The molecular weight excluding hydrogens is 426 g/mol. The Kier molecular flexibility index (Phi) is 5.22. The van der Waals surface area contributed by atoms with Crippen LogP contribution < -0.4 is 4.90 Å². The number of oxazole rings is 1. The molecule has 2 unspecified atom stereocenters. The summed E-state index contributed by atoms with van der Waals surface area (Å²) in [7, 11) is -1.58. The van der Waals surface area contributed by atoms with Crippen LogP contribution in [0.1, 0.15) is 13.3 Å². The molecule has 0 spiro atoms. The highest BCUT2D eigenvalue weighted by molar-refractivity contribution is 7.89. The topological polar surface area (TPSA) is 95.3 Å². The number of fused-ring (bicyclic) bond motifs is 1. The van der Waals surface area contributed by atoms with Gasteiger partial charge in [-0.25, -0.2) is 18.4 Å². The van der Waals surface area contributed by atoms with Gasteiger partial charge in [-0.15, -0.1) is 0 Å². The van der Waals surface area contributed by atoms with Crippen molar-refractivity contribution in [3.05, 3.63) is 61.4 Å². The second kappa shape index (κ2) is 8.07. The van der Waals surface area contributed by atoms with E-state index in [0.29, 0.717) is 24.8 Å². The minimum Gasteiger partial charge on any atom is -0.444 e. The van der Waals surface area contributed by atoms with Crippen LogP contribution in [0.15, 0.2) is 70.7 Å². The van der Waals surface area contributed by atoms with Gasteiger partial charge < -0.3 is 14.3 Å². The third kappa shape index (κ3) is 3.57. The van der Waals surface area contributed by atoms with Gasteiger partial charge in [-0.3, -0.25) is 0 Å². The van der Waals surface area contributed by atoms with Crippen LogP contribution >= 0.6 is 0 Å². The molecule has 0 bridgehead atoms. The number of sulfonamides is 1. The lowest BCUT2D eigenvalue weighted by Gasteiger charge is -2.42. The molecular formula is C23H25N5O3S. The van der Waals surface area contributed by atoms with Crippen LogP contribution in [0, 0.1) is 5.92 Å². The fraction of sp³-hybridized carbons (Fsp3) is 0.304. The predicted molar refractivity (Wildman–Crippen MR) is 123 cm³/mol. The fourth-order valence-corrected chi connectivity index (χ4v) is 5.95. The van der Waals surface area contributed by atoms with Crippen molar-refractivity contribution < 1.29 is 12.8 Å². The maximum absolute atomic E-state index is 13.4. The Morgan fingerprint density at radius 1 is 1.19 bits per heavy atom. The minimum absolute atomic E-state index is 0.0486. The summed E-state index contributed by atoms with van der Waals surface area (Å²) in [4.78, 5) is 13.9. The van der Waals surface area contributed by atoms with Gasteiger partial charge in [-0.05, 0) is 48.7 Å². The Morgan fingerprint density at radius 2 is 2.00 bits per heavy atom. The Morgan fingerprint density at radius 3 is 2.75 bits per heavy atom. The van der Waals surface area contributed by atoms with E-state index in [0.717, 1.165) is 28.7 Å². The highest BCUT2D eigenvalue weighted by Crippen LogP contribution is 2.32. The zero-order valence-corrected chi connectivity index (χ0v) is 18.8. The van der Waals surface area contributed by atoms with Crippen LogP contribution in [-0.4, -0.2) is 53.9 Å². The Labute approximate surface area is 186 Å². The lowest BCUT2D eigenvalue weighted by atomic mass is 9.93. The summed E-state index contributed by atoms with van der Waals surface area (Å²) in [6, 6.07) is 10.8. The second-order valence-electron chi connectivity index (χ2n) is 8.27. The predicted octanol–water partition coefficient (Wildman–Crippen LogP) is 3.75. The van der Waals surface area contributed by atoms with Crippen molar-refractivity contribution in [1.82, 2.24) is 19.3 Å². The number of aromatic amines is 1. The van der Waals surface area contributed by atoms with Crippen molar-refractivity contribution in [1.29, 1.82) is 0 Å². The van der Waals surface area contributed by atoms with E-state index < -0.39 is 10.0 Å². The number of likely N-dealkylation sites (N-methyl/N-ethyl adjacent to an activating group) is 1. The molecule has 1 aliphatic rings. The zero-order valence-electron chi connectivity index (χ0n) is 18.0. The van der Waals surface area contributed by atoms with Crippen molar-refractivity contribution in [2.45, 2.75) is 24.3 Å². The Bertz CT molecular complexity index is 1320. The van der Waals surface area contributed by atoms with Crippen LogP contribution in [-0.2, 0) is 10.0 Å². The van der Waals surface area contributed by atoms with Gasteiger partial charge >= 0.3 is 0 Å². The van der Waals surface area contributed by atoms with Crippen molar-refractivity contribution in [3.8, 4) is 11.3 Å². The summed E-state index contributed by atoms with van der Waals surface area (Å²) >= 11 is 0. The molecule has 3 aromatic heterocycles. The summed E-state index contributed by atoms with van der Waals surface area (Å²) in [6.45, 7) is 3.12. The molecule has 2 atom stereocenters. The van der Waals surface area contributed by atoms with Crippen LogP contribution in [0.3, 0.4) is 0 Å². The summed E-state index contributed by atoms with van der Waals surface area (Å²) in [5.41, 5.74) is 2.66. The number of rotatable bonds is 5. The maximum atomic E-state index is 13.4. The third-order valence-corrected chi connectivity index (χ3v) is 8.28. The number of aromatic nitrogens is 3. The van der Waals surface area contributed by atoms with E-state index >= 15 is 0 Å². The van der Waals surface area contributed by atoms with Crippen LogP contribution in [0.2, 0.25) is 0 Å². The number of nitrogens with zero attached hydrogens (tertiary/aromatic N) is 4. The number of pyridine rings is 1. The quantitative estimate of drug-likeness (QED) is 0.497. The highest BCUT2D eigenvalue weighted by atomic mass is 32.2. The summed E-state index contributed by atoms with van der Waals surface area (Å²) in [5, 5.41) is 1.03. The van der Waals surface area contributed by atoms with E-state index in [4.69, 9.17) is 4.42 Å². The van der Waals surface area contributed by atoms with E-state index in [1.54, 1.807) is 41.0 Å². The first kappa shape index (κ1) is 20.7. The number of nitrogens with one attached hydrogen (secondary N) is 1. The molecule has 8 nitrogen and oxygen atoms in total. The summed E-state index contributed by atoms with van der Waals surface area (Å²) in [6.07, 6.45) is 7.42. The van der Waals surface area contributed by atoms with Crippen molar-refractivity contribution in [2.24, 2.45) is 5.92 Å². The number of H-pyrrole nitrogens is 1. The third-order valence-electron chi connectivity index (χ3n) is 6.40. The molecule has 5 rings (SSSR count). The average Bonchev–Trinajstić information content (AvgIpc) is 3.51. The van der Waals surface area contributed by atoms with Gasteiger partial charge in [0, 0.05) is 55.2 Å². The van der Waals surface area contributed by atoms with Crippen LogP contribution in [0.5, 0.6) is 0 Å². The molecule has 0 radical (unpaired) electrons. The number of piperidine rings is 1. The van der Waals surface area contributed by atoms with E-state index in [-0.39, 0.29) is 10.9 Å². The molecule has 1 N–H and O–H groups in total. The SMILES string of the molecule is CC1CCN(S(=O)(=O)c2ccc(-c3cnco3)cc2)CC1N(C)c1ccnc2[nH]ccc12. The zero-order chi connectivity index (χ0) is 22.3. The highest BCUT2D eigenvalue weighted by Gasteiger charge is 2.36. The van der Waals surface area contributed by atoms with Crippen molar-refractivity contribution in [2.75, 3.05) is 25.0 Å². The summed E-state index contributed by atoms with van der Waals surface area (Å²) < 4.78 is 33.7. The number of anilines is 1. The van der Waals surface area contributed by atoms with Gasteiger partial charge in [0.25, 0.3) is 0 Å². The smallest absolute Gasteiger partial charge is 0.243 e. The van der Waals surface area contributed by atoms with Gasteiger partial charge in [0.1, 0.15) is 5.65 Å². The largest absolute Gasteiger partial charge is 0.444 e. The molecule has 1 aliphatic heterocycles. The van der Waals surface area contributed by atoms with Gasteiger partial charge in [0.2, 0.25) is 10.0 Å². The first-order chi connectivity index (χ1) is 15.4. The minimum atomic E-state index is -3.61. The van der Waals surface area contributed by atoms with E-state index in [2.05, 4.69) is 26.8 Å². The van der Waals surface area contributed by atoms with E-state index in [9.17, 15) is 8.42 Å². The molecule has 1 aromatic carbocycles. The molecule has 4 aromatic rings. The van der Waals surface area contributed by atoms with E-state index in [1.165, 1.54) is 6.39 Å². The normalized spacial score (nSPS) is 19.9. The number of hydrogen-bond donors (Lipinski definition) is 1. The number of benzene rings is 1. The fourth-order valence-electron chi connectivity index (χ4n) is 4.47. The lowest BCUT2D eigenvalue weighted by Crippen LogP contribution is -2.52. The standard InChI is InChI=1S/C23H25N5O3S/c1-16-9-12-28(14-21(16)27(2)20-8-11-26-23-19(20)7-10-25-23)32(29,30)18-5-3-17(4-6-18)22-13-24-15-31-22/h3-8,10-11,13,15-16,21H,9,12,14H2,1-2H3,(H,25,26). The molecule has 9 heteroatoms. The molecule has 0 aliphatic carbocycles. The Hall–Kier alpha value is -3.17. The van der Waals surface area contributed by atoms with Gasteiger partial charge in [0.05, 0.1) is 11.1 Å². The van der Waals surface area contributed by atoms with Crippen LogP contribution in [0.4, 0.5) is 5.69 Å². The molecule has 166 valence electrons. The molecule has 1 fully saturated rings. The molecule has 1 saturated heterocycles. The van der Waals surface area contributed by atoms with Gasteiger partial charge in [-0.2, -0.15) is 4.31 Å². The molecule has 4 heterocycles. The molecule has 0 amide bonds. The van der Waals surface area contributed by atoms with E-state index in [1.807, 2.05) is 25.4 Å². The second-order valence-corrected chi connectivity index (χ2v) is 10.2. The van der Waals surface area contributed by atoms with Crippen molar-refractivity contribution in [3.63, 3.8) is 0 Å². The molecule has 0 saturated carbocycles. The Balaban J connectivity index is 1.40. The van der Waals surface area contributed by atoms with Gasteiger partial charge in [-0.1, -0.05) is 6.92 Å². The van der Waals surface area contributed by atoms with Crippen molar-refractivity contribution >= 4 is 26.7 Å². The first-order valence-corrected chi connectivity index (χ1v) is 12.0. The molecule has 32 heavy (non-hydrogen) atoms. The number of hydrogen-bond acceptors (Lipinski definition) is 6. The average molecular weight is 452 g/mol. The van der Waals surface area contributed by atoms with Crippen LogP contribution in [0.25, 0.3) is 22.4 Å².